The SMILES string of the molecule is Cn1nccc1C(=O)c1cncc2ccccc12. The molecule has 2 aromatic heterocycles. The molecule has 4 heteroatoms. The summed E-state index contributed by atoms with van der Waals surface area (Å²) in [5.41, 5.74) is 1.17. The van der Waals surface area contributed by atoms with Gasteiger partial charge in [0, 0.05) is 31.0 Å². The van der Waals surface area contributed by atoms with Crippen LogP contribution in [0.15, 0.2) is 48.9 Å². The molecule has 0 aliphatic heterocycles. The van der Waals surface area contributed by atoms with E-state index in [1.54, 1.807) is 36.4 Å². The molecule has 0 saturated carbocycles. The third-order valence-corrected chi connectivity index (χ3v) is 2.97. The molecule has 88 valence electrons. The lowest BCUT2D eigenvalue weighted by Crippen LogP contribution is -2.09. The summed E-state index contributed by atoms with van der Waals surface area (Å²) in [4.78, 5) is 16.6. The van der Waals surface area contributed by atoms with Gasteiger partial charge in [-0.1, -0.05) is 24.3 Å². The molecule has 0 N–H and O–H groups in total. The maximum absolute atomic E-state index is 12.4. The Morgan fingerprint density at radius 1 is 1.17 bits per heavy atom. The number of hydrogen-bond acceptors (Lipinski definition) is 3. The van der Waals surface area contributed by atoms with Crippen LogP contribution in [0.1, 0.15) is 16.1 Å². The minimum absolute atomic E-state index is 0.0562. The topological polar surface area (TPSA) is 47.8 Å². The summed E-state index contributed by atoms with van der Waals surface area (Å²) in [6.45, 7) is 0. The Bertz CT molecular complexity index is 725. The zero-order chi connectivity index (χ0) is 12.5. The molecular weight excluding hydrogens is 226 g/mol. The number of carbonyl (C=O) groups is 1. The normalized spacial score (nSPS) is 10.7. The first kappa shape index (κ1) is 10.7. The van der Waals surface area contributed by atoms with Crippen LogP contribution < -0.4 is 0 Å². The van der Waals surface area contributed by atoms with Crippen LogP contribution in [0, 0.1) is 0 Å². The van der Waals surface area contributed by atoms with Gasteiger partial charge in [0.1, 0.15) is 5.69 Å². The zero-order valence-electron chi connectivity index (χ0n) is 9.87. The smallest absolute Gasteiger partial charge is 0.213 e. The largest absolute Gasteiger partial charge is 0.287 e. The highest BCUT2D eigenvalue weighted by Crippen LogP contribution is 2.19. The van der Waals surface area contributed by atoms with E-state index in [1.165, 1.54) is 0 Å². The van der Waals surface area contributed by atoms with Crippen molar-refractivity contribution in [2.45, 2.75) is 0 Å². The summed E-state index contributed by atoms with van der Waals surface area (Å²) < 4.78 is 1.57. The predicted molar refractivity (Wildman–Crippen MR) is 68.4 cm³/mol. The van der Waals surface area contributed by atoms with Gasteiger partial charge in [0.25, 0.3) is 0 Å². The van der Waals surface area contributed by atoms with Gasteiger partial charge in [0.15, 0.2) is 0 Å². The number of aromatic nitrogens is 3. The molecule has 18 heavy (non-hydrogen) atoms. The number of aryl methyl sites for hydroxylation is 1. The molecule has 4 nitrogen and oxygen atoms in total. The summed E-state index contributed by atoms with van der Waals surface area (Å²) in [5.74, 6) is -0.0562. The number of nitrogens with zero attached hydrogens (tertiary/aromatic N) is 3. The summed E-state index contributed by atoms with van der Waals surface area (Å²) in [7, 11) is 1.76. The molecule has 2 heterocycles. The molecular formula is C14H11N3O. The number of ketones is 1. The van der Waals surface area contributed by atoms with Crippen LogP contribution in [0.25, 0.3) is 10.8 Å². The van der Waals surface area contributed by atoms with Gasteiger partial charge in [-0.3, -0.25) is 14.5 Å². The Morgan fingerprint density at radius 3 is 2.78 bits per heavy atom. The van der Waals surface area contributed by atoms with Crippen molar-refractivity contribution in [2.24, 2.45) is 7.05 Å². The van der Waals surface area contributed by atoms with Crippen LogP contribution in [-0.4, -0.2) is 20.5 Å². The highest BCUT2D eigenvalue weighted by Gasteiger charge is 2.15. The first-order valence-electron chi connectivity index (χ1n) is 5.63. The van der Waals surface area contributed by atoms with Crippen LogP contribution in [0.4, 0.5) is 0 Å². The Hall–Kier alpha value is -2.49. The minimum Gasteiger partial charge on any atom is -0.287 e. The Labute approximate surface area is 104 Å². The van der Waals surface area contributed by atoms with Gasteiger partial charge >= 0.3 is 0 Å². The quantitative estimate of drug-likeness (QED) is 0.642. The first-order chi connectivity index (χ1) is 8.77. The number of rotatable bonds is 2. The van der Waals surface area contributed by atoms with E-state index >= 15 is 0 Å². The van der Waals surface area contributed by atoms with Gasteiger partial charge in [-0.15, -0.1) is 0 Å². The van der Waals surface area contributed by atoms with Crippen molar-refractivity contribution >= 4 is 16.6 Å². The van der Waals surface area contributed by atoms with Crippen molar-refractivity contribution in [3.05, 3.63) is 60.2 Å². The fourth-order valence-electron chi connectivity index (χ4n) is 2.03. The molecule has 0 unspecified atom stereocenters. The summed E-state index contributed by atoms with van der Waals surface area (Å²) in [6.07, 6.45) is 4.98. The summed E-state index contributed by atoms with van der Waals surface area (Å²) >= 11 is 0. The van der Waals surface area contributed by atoms with Crippen LogP contribution in [-0.2, 0) is 7.05 Å². The number of benzene rings is 1. The second-order valence-corrected chi connectivity index (χ2v) is 4.08. The van der Waals surface area contributed by atoms with Crippen molar-refractivity contribution in [1.82, 2.24) is 14.8 Å². The first-order valence-corrected chi connectivity index (χ1v) is 5.63. The average molecular weight is 237 g/mol. The van der Waals surface area contributed by atoms with Crippen LogP contribution >= 0.6 is 0 Å². The van der Waals surface area contributed by atoms with Crippen molar-refractivity contribution in [3.63, 3.8) is 0 Å². The molecule has 0 aliphatic carbocycles. The van der Waals surface area contributed by atoms with E-state index in [9.17, 15) is 4.79 Å². The van der Waals surface area contributed by atoms with Crippen molar-refractivity contribution in [3.8, 4) is 0 Å². The maximum atomic E-state index is 12.4. The molecule has 0 saturated heterocycles. The molecule has 0 spiro atoms. The van der Waals surface area contributed by atoms with E-state index in [2.05, 4.69) is 10.1 Å². The van der Waals surface area contributed by atoms with Crippen LogP contribution in [0.2, 0.25) is 0 Å². The number of carbonyl (C=O) groups excluding carboxylic acids is 1. The fourth-order valence-corrected chi connectivity index (χ4v) is 2.03. The Balaban J connectivity index is 2.21. The molecule has 0 amide bonds. The highest BCUT2D eigenvalue weighted by molar-refractivity contribution is 6.15. The molecule has 3 aromatic rings. The third-order valence-electron chi connectivity index (χ3n) is 2.97. The standard InChI is InChI=1S/C14H11N3O/c1-17-13(6-7-16-17)14(18)12-9-15-8-10-4-2-3-5-11(10)12/h2-9H,1H3. The average Bonchev–Trinajstić information content (AvgIpc) is 2.83. The van der Waals surface area contributed by atoms with E-state index in [1.807, 2.05) is 24.3 Å². The second-order valence-electron chi connectivity index (χ2n) is 4.08. The van der Waals surface area contributed by atoms with Crippen molar-refractivity contribution < 1.29 is 4.79 Å². The van der Waals surface area contributed by atoms with E-state index in [4.69, 9.17) is 0 Å². The molecule has 0 bridgehead atoms. The molecule has 3 rings (SSSR count). The van der Waals surface area contributed by atoms with E-state index in [0.717, 1.165) is 10.8 Å². The lowest BCUT2D eigenvalue weighted by Gasteiger charge is -2.05. The van der Waals surface area contributed by atoms with Crippen molar-refractivity contribution in [2.75, 3.05) is 0 Å². The monoisotopic (exact) mass is 237 g/mol. The third kappa shape index (κ3) is 1.59. The molecule has 0 atom stereocenters. The lowest BCUT2D eigenvalue weighted by atomic mass is 10.0. The minimum atomic E-state index is -0.0562. The number of fused-ring (bicyclic) bond motifs is 1. The number of hydrogen-bond donors (Lipinski definition) is 0. The van der Waals surface area contributed by atoms with E-state index in [-0.39, 0.29) is 5.78 Å². The van der Waals surface area contributed by atoms with Crippen LogP contribution in [0.5, 0.6) is 0 Å². The Morgan fingerprint density at radius 2 is 2.00 bits per heavy atom. The van der Waals surface area contributed by atoms with Gasteiger partial charge in [0.05, 0.1) is 5.56 Å². The molecule has 0 fully saturated rings. The van der Waals surface area contributed by atoms with E-state index < -0.39 is 0 Å². The Kier molecular flexibility index (Phi) is 2.41. The second kappa shape index (κ2) is 4.07. The van der Waals surface area contributed by atoms with Crippen molar-refractivity contribution in [1.29, 1.82) is 0 Å². The maximum Gasteiger partial charge on any atom is 0.213 e. The summed E-state index contributed by atoms with van der Waals surface area (Å²) in [5, 5.41) is 5.90. The predicted octanol–water partition coefficient (Wildman–Crippen LogP) is 2.20. The number of pyridine rings is 1. The summed E-state index contributed by atoms with van der Waals surface area (Å²) in [6, 6.07) is 9.44. The fraction of sp³-hybridized carbons (Fsp3) is 0.0714. The molecule has 0 aliphatic rings. The molecule has 0 radical (unpaired) electrons. The van der Waals surface area contributed by atoms with Gasteiger partial charge in [-0.25, -0.2) is 0 Å². The lowest BCUT2D eigenvalue weighted by molar-refractivity contribution is 0.103. The van der Waals surface area contributed by atoms with Gasteiger partial charge in [-0.05, 0) is 11.5 Å². The highest BCUT2D eigenvalue weighted by atomic mass is 16.1. The molecule has 1 aromatic carbocycles. The van der Waals surface area contributed by atoms with Crippen LogP contribution in [0.3, 0.4) is 0 Å². The van der Waals surface area contributed by atoms with E-state index in [0.29, 0.717) is 11.3 Å². The van der Waals surface area contributed by atoms with Gasteiger partial charge in [-0.2, -0.15) is 5.10 Å². The van der Waals surface area contributed by atoms with Gasteiger partial charge in [0.2, 0.25) is 5.78 Å². The van der Waals surface area contributed by atoms with Gasteiger partial charge < -0.3 is 0 Å². The zero-order valence-corrected chi connectivity index (χ0v) is 9.87.